The lowest BCUT2D eigenvalue weighted by molar-refractivity contribution is -0.119. The molecular formula is C19H18N4O3. The molecule has 0 atom stereocenters. The van der Waals surface area contributed by atoms with Crippen LogP contribution >= 0.6 is 0 Å². The molecule has 0 aliphatic heterocycles. The number of nitrogens with zero attached hydrogens (tertiary/aromatic N) is 2. The average Bonchev–Trinajstić information content (AvgIpc) is 3.01. The summed E-state index contributed by atoms with van der Waals surface area (Å²) in [6.45, 7) is 1.43. The largest absolute Gasteiger partial charge is 0.452 e. The normalized spacial score (nSPS) is 10.3. The minimum atomic E-state index is -0.590. The maximum absolute atomic E-state index is 12.1. The second-order valence-corrected chi connectivity index (χ2v) is 5.66. The zero-order chi connectivity index (χ0) is 18.5. The number of benzene rings is 2. The Morgan fingerprint density at radius 1 is 1.12 bits per heavy atom. The second kappa shape index (κ2) is 7.52. The highest BCUT2D eigenvalue weighted by molar-refractivity contribution is 5.95. The number of aryl methyl sites for hydroxylation is 1. The van der Waals surface area contributed by atoms with Gasteiger partial charge in [0.05, 0.1) is 16.9 Å². The number of esters is 1. The van der Waals surface area contributed by atoms with Crippen LogP contribution in [0.2, 0.25) is 0 Å². The molecule has 7 heteroatoms. The Hall–Kier alpha value is -3.61. The van der Waals surface area contributed by atoms with Crippen molar-refractivity contribution < 1.29 is 14.3 Å². The van der Waals surface area contributed by atoms with Crippen LogP contribution < -0.4 is 11.1 Å². The first kappa shape index (κ1) is 17.2. The van der Waals surface area contributed by atoms with Crippen molar-refractivity contribution in [2.75, 3.05) is 17.7 Å². The fraction of sp³-hybridized carbons (Fsp3) is 0.105. The summed E-state index contributed by atoms with van der Waals surface area (Å²) in [5.74, 6) is -0.541. The van der Waals surface area contributed by atoms with Crippen molar-refractivity contribution >= 4 is 23.4 Å². The number of rotatable bonds is 5. The van der Waals surface area contributed by atoms with E-state index in [-0.39, 0.29) is 0 Å². The molecule has 1 aromatic heterocycles. The van der Waals surface area contributed by atoms with Crippen molar-refractivity contribution in [2.24, 2.45) is 0 Å². The number of nitrogens with two attached hydrogens (primary N) is 1. The first-order valence-corrected chi connectivity index (χ1v) is 7.97. The van der Waals surface area contributed by atoms with Crippen molar-refractivity contribution in [1.29, 1.82) is 0 Å². The zero-order valence-corrected chi connectivity index (χ0v) is 14.2. The van der Waals surface area contributed by atoms with Gasteiger partial charge in [0, 0.05) is 11.8 Å². The molecule has 0 fully saturated rings. The van der Waals surface area contributed by atoms with Crippen LogP contribution in [-0.4, -0.2) is 28.3 Å². The van der Waals surface area contributed by atoms with Gasteiger partial charge in [-0.2, -0.15) is 5.10 Å². The van der Waals surface area contributed by atoms with E-state index in [4.69, 9.17) is 10.5 Å². The van der Waals surface area contributed by atoms with Gasteiger partial charge >= 0.3 is 5.97 Å². The Kier molecular flexibility index (Phi) is 4.98. The van der Waals surface area contributed by atoms with Crippen LogP contribution in [0.1, 0.15) is 16.1 Å². The summed E-state index contributed by atoms with van der Waals surface area (Å²) >= 11 is 0. The fourth-order valence-corrected chi connectivity index (χ4v) is 2.37. The standard InChI is InChI=1S/C19H18N4O3/c1-13-11-17(23(22-13)16-5-3-2-4-6-16)21-18(24)12-26-19(25)14-7-9-15(20)10-8-14/h2-11H,12,20H2,1H3,(H,21,24). The average molecular weight is 350 g/mol. The molecule has 0 aliphatic rings. The van der Waals surface area contributed by atoms with Gasteiger partial charge in [-0.15, -0.1) is 0 Å². The lowest BCUT2D eigenvalue weighted by atomic mass is 10.2. The van der Waals surface area contributed by atoms with E-state index in [0.717, 1.165) is 11.4 Å². The first-order chi connectivity index (χ1) is 12.5. The lowest BCUT2D eigenvalue weighted by Crippen LogP contribution is -2.22. The summed E-state index contributed by atoms with van der Waals surface area (Å²) in [6.07, 6.45) is 0. The van der Waals surface area contributed by atoms with Gasteiger partial charge in [-0.05, 0) is 43.3 Å². The summed E-state index contributed by atoms with van der Waals surface area (Å²) in [4.78, 5) is 24.1. The Morgan fingerprint density at radius 2 is 1.81 bits per heavy atom. The van der Waals surface area contributed by atoms with Gasteiger partial charge < -0.3 is 15.8 Å². The molecule has 0 radical (unpaired) electrons. The quantitative estimate of drug-likeness (QED) is 0.544. The van der Waals surface area contributed by atoms with Gasteiger partial charge in [0.2, 0.25) is 0 Å². The van der Waals surface area contributed by atoms with Crippen LogP contribution in [0.25, 0.3) is 5.69 Å². The number of anilines is 2. The van der Waals surface area contributed by atoms with E-state index in [1.54, 1.807) is 35.0 Å². The maximum Gasteiger partial charge on any atom is 0.338 e. The van der Waals surface area contributed by atoms with E-state index < -0.39 is 18.5 Å². The van der Waals surface area contributed by atoms with E-state index in [9.17, 15) is 9.59 Å². The number of carbonyl (C=O) groups excluding carboxylic acids is 2. The van der Waals surface area contributed by atoms with Crippen molar-refractivity contribution in [3.63, 3.8) is 0 Å². The minimum Gasteiger partial charge on any atom is -0.452 e. The van der Waals surface area contributed by atoms with Crippen LogP contribution in [0.4, 0.5) is 11.5 Å². The lowest BCUT2D eigenvalue weighted by Gasteiger charge is -2.09. The Balaban J connectivity index is 1.64. The zero-order valence-electron chi connectivity index (χ0n) is 14.2. The van der Waals surface area contributed by atoms with Gasteiger partial charge in [0.25, 0.3) is 5.91 Å². The van der Waals surface area contributed by atoms with Crippen LogP contribution in [0.5, 0.6) is 0 Å². The topological polar surface area (TPSA) is 99.2 Å². The van der Waals surface area contributed by atoms with Crippen molar-refractivity contribution in [1.82, 2.24) is 9.78 Å². The predicted molar refractivity (Wildman–Crippen MR) is 98.1 cm³/mol. The molecule has 0 unspecified atom stereocenters. The Bertz CT molecular complexity index is 918. The van der Waals surface area contributed by atoms with Gasteiger partial charge in [-0.25, -0.2) is 9.48 Å². The second-order valence-electron chi connectivity index (χ2n) is 5.66. The van der Waals surface area contributed by atoms with Crippen LogP contribution in [0, 0.1) is 6.92 Å². The van der Waals surface area contributed by atoms with E-state index in [0.29, 0.717) is 17.1 Å². The van der Waals surface area contributed by atoms with Crippen LogP contribution in [-0.2, 0) is 9.53 Å². The molecule has 2 aromatic carbocycles. The number of ether oxygens (including phenoxy) is 1. The van der Waals surface area contributed by atoms with Crippen molar-refractivity contribution in [3.05, 3.63) is 71.9 Å². The number of nitrogens with one attached hydrogen (secondary N) is 1. The molecule has 132 valence electrons. The highest BCUT2D eigenvalue weighted by Crippen LogP contribution is 2.16. The van der Waals surface area contributed by atoms with E-state index in [1.165, 1.54) is 0 Å². The molecule has 1 amide bonds. The highest BCUT2D eigenvalue weighted by atomic mass is 16.5. The van der Waals surface area contributed by atoms with Gasteiger partial charge in [0.1, 0.15) is 5.82 Å². The molecule has 0 saturated heterocycles. The molecule has 7 nitrogen and oxygen atoms in total. The summed E-state index contributed by atoms with van der Waals surface area (Å²) < 4.78 is 6.65. The monoisotopic (exact) mass is 350 g/mol. The highest BCUT2D eigenvalue weighted by Gasteiger charge is 2.13. The fourth-order valence-electron chi connectivity index (χ4n) is 2.37. The summed E-state index contributed by atoms with van der Waals surface area (Å²) in [6, 6.07) is 17.4. The van der Waals surface area contributed by atoms with E-state index in [2.05, 4.69) is 10.4 Å². The molecule has 0 spiro atoms. The smallest absolute Gasteiger partial charge is 0.338 e. The summed E-state index contributed by atoms with van der Waals surface area (Å²) in [5.41, 5.74) is 8.02. The molecule has 3 N–H and O–H groups in total. The van der Waals surface area contributed by atoms with Crippen molar-refractivity contribution in [3.8, 4) is 5.69 Å². The molecule has 3 aromatic rings. The molecule has 0 bridgehead atoms. The molecule has 1 heterocycles. The Labute approximate surface area is 150 Å². The van der Waals surface area contributed by atoms with E-state index in [1.807, 2.05) is 37.3 Å². The number of aromatic nitrogens is 2. The third-order valence-corrected chi connectivity index (χ3v) is 3.58. The molecule has 0 saturated carbocycles. The molecule has 3 rings (SSSR count). The predicted octanol–water partition coefficient (Wildman–Crippen LogP) is 2.56. The third-order valence-electron chi connectivity index (χ3n) is 3.58. The Morgan fingerprint density at radius 3 is 2.50 bits per heavy atom. The maximum atomic E-state index is 12.1. The SMILES string of the molecule is Cc1cc(NC(=O)COC(=O)c2ccc(N)cc2)n(-c2ccccc2)n1. The number of hydrogen-bond donors (Lipinski definition) is 2. The number of nitrogen functional groups attached to an aromatic ring is 1. The van der Waals surface area contributed by atoms with Crippen LogP contribution in [0.15, 0.2) is 60.7 Å². The first-order valence-electron chi connectivity index (χ1n) is 7.97. The van der Waals surface area contributed by atoms with Gasteiger partial charge in [-0.3, -0.25) is 4.79 Å². The van der Waals surface area contributed by atoms with Gasteiger partial charge in [0.15, 0.2) is 6.61 Å². The minimum absolute atomic E-state index is 0.331. The number of hydrogen-bond acceptors (Lipinski definition) is 5. The molecular weight excluding hydrogens is 332 g/mol. The number of carbonyl (C=O) groups is 2. The molecule has 26 heavy (non-hydrogen) atoms. The van der Waals surface area contributed by atoms with Crippen molar-refractivity contribution in [2.45, 2.75) is 6.92 Å². The third kappa shape index (κ3) is 4.07. The number of amides is 1. The number of para-hydroxylation sites is 1. The van der Waals surface area contributed by atoms with Crippen LogP contribution in [0.3, 0.4) is 0 Å². The van der Waals surface area contributed by atoms with Gasteiger partial charge in [-0.1, -0.05) is 18.2 Å². The summed E-state index contributed by atoms with van der Waals surface area (Å²) in [5, 5.41) is 7.08. The van der Waals surface area contributed by atoms with E-state index >= 15 is 0 Å². The summed E-state index contributed by atoms with van der Waals surface area (Å²) in [7, 11) is 0. The molecule has 0 aliphatic carbocycles.